The van der Waals surface area contributed by atoms with E-state index < -0.39 is 18.6 Å². The summed E-state index contributed by atoms with van der Waals surface area (Å²) in [4.78, 5) is 24.5. The van der Waals surface area contributed by atoms with Gasteiger partial charge in [-0.1, -0.05) is 18.2 Å². The Bertz CT molecular complexity index is 843. The summed E-state index contributed by atoms with van der Waals surface area (Å²) in [5, 5.41) is 14.7. The number of rotatable bonds is 7. The van der Waals surface area contributed by atoms with Gasteiger partial charge < -0.3 is 25.2 Å². The number of fused-ring (bicyclic) bond motifs is 1. The second kappa shape index (κ2) is 9.05. The third-order valence-corrected chi connectivity index (χ3v) is 4.66. The molecule has 1 unspecified atom stereocenters. The van der Waals surface area contributed by atoms with Crippen molar-refractivity contribution in [1.29, 1.82) is 0 Å². The van der Waals surface area contributed by atoms with Crippen molar-refractivity contribution in [2.24, 2.45) is 0 Å². The summed E-state index contributed by atoms with van der Waals surface area (Å²) in [5.74, 6) is 0.435. The lowest BCUT2D eigenvalue weighted by Gasteiger charge is -2.16. The van der Waals surface area contributed by atoms with E-state index >= 15 is 0 Å². The second-order valence-corrected chi connectivity index (χ2v) is 7.26. The van der Waals surface area contributed by atoms with Crippen molar-refractivity contribution >= 4 is 34.4 Å². The molecule has 1 heterocycles. The van der Waals surface area contributed by atoms with Gasteiger partial charge in [0.15, 0.2) is 11.5 Å². The lowest BCUT2D eigenvalue weighted by Crippen LogP contribution is -2.49. The van der Waals surface area contributed by atoms with Gasteiger partial charge in [-0.3, -0.25) is 9.59 Å². The van der Waals surface area contributed by atoms with Gasteiger partial charge in [0.25, 0.3) is 0 Å². The molecule has 1 aliphatic rings. The number of ether oxygens (including phenoxy) is 2. The third kappa shape index (κ3) is 5.33. The van der Waals surface area contributed by atoms with Crippen LogP contribution in [0.25, 0.3) is 0 Å². The van der Waals surface area contributed by atoms with Gasteiger partial charge >= 0.3 is 0 Å². The van der Waals surface area contributed by atoms with Crippen molar-refractivity contribution in [1.82, 2.24) is 10.6 Å². The molecule has 1 atom stereocenters. The molecular formula is C19H19IN2O5. The average Bonchev–Trinajstić information content (AvgIpc) is 3.12. The Morgan fingerprint density at radius 2 is 1.93 bits per heavy atom. The standard InChI is InChI=1S/C19H19IN2O5/c20-14-3-1-2-13(6-14)9-21-19(25)15(10-23)22-18(24)8-12-4-5-16-17(7-12)27-11-26-16/h1-7,15,23H,8-11H2,(H,21,25)(H,22,24). The van der Waals surface area contributed by atoms with E-state index in [2.05, 4.69) is 33.2 Å². The van der Waals surface area contributed by atoms with Crippen LogP contribution in [0, 0.1) is 3.57 Å². The van der Waals surface area contributed by atoms with E-state index in [1.807, 2.05) is 24.3 Å². The molecule has 0 saturated carbocycles. The number of halogens is 1. The number of carbonyl (C=O) groups is 2. The van der Waals surface area contributed by atoms with Gasteiger partial charge in [-0.05, 0) is 58.0 Å². The van der Waals surface area contributed by atoms with Crippen molar-refractivity contribution in [2.75, 3.05) is 13.4 Å². The molecule has 2 amide bonds. The van der Waals surface area contributed by atoms with Crippen LogP contribution < -0.4 is 20.1 Å². The SMILES string of the molecule is O=C(Cc1ccc2c(c1)OCO2)NC(CO)C(=O)NCc1cccc(I)c1. The molecule has 0 spiro atoms. The smallest absolute Gasteiger partial charge is 0.245 e. The zero-order valence-electron chi connectivity index (χ0n) is 14.4. The maximum atomic E-state index is 12.2. The van der Waals surface area contributed by atoms with Crippen molar-refractivity contribution in [3.63, 3.8) is 0 Å². The van der Waals surface area contributed by atoms with Crippen LogP contribution >= 0.6 is 22.6 Å². The van der Waals surface area contributed by atoms with Gasteiger partial charge in [0.05, 0.1) is 13.0 Å². The van der Waals surface area contributed by atoms with Crippen LogP contribution in [0.1, 0.15) is 11.1 Å². The molecule has 2 aromatic rings. The lowest BCUT2D eigenvalue weighted by atomic mass is 10.1. The first-order valence-corrected chi connectivity index (χ1v) is 9.44. The fraction of sp³-hybridized carbons (Fsp3) is 0.263. The van der Waals surface area contributed by atoms with E-state index in [0.717, 1.165) is 14.7 Å². The highest BCUT2D eigenvalue weighted by Crippen LogP contribution is 2.32. The summed E-state index contributed by atoms with van der Waals surface area (Å²) in [5.41, 5.74) is 1.67. The van der Waals surface area contributed by atoms with Crippen LogP contribution in [0.5, 0.6) is 11.5 Å². The molecule has 142 valence electrons. The minimum Gasteiger partial charge on any atom is -0.454 e. The Kier molecular flexibility index (Phi) is 6.51. The van der Waals surface area contributed by atoms with Gasteiger partial charge in [-0.25, -0.2) is 0 Å². The highest BCUT2D eigenvalue weighted by molar-refractivity contribution is 14.1. The van der Waals surface area contributed by atoms with Crippen molar-refractivity contribution in [3.8, 4) is 11.5 Å². The minimum absolute atomic E-state index is 0.0668. The molecule has 0 aliphatic carbocycles. The molecule has 27 heavy (non-hydrogen) atoms. The number of aliphatic hydroxyl groups is 1. The van der Waals surface area contributed by atoms with Crippen LogP contribution in [0.15, 0.2) is 42.5 Å². The Balaban J connectivity index is 1.52. The summed E-state index contributed by atoms with van der Waals surface area (Å²) in [6, 6.07) is 11.9. The van der Waals surface area contributed by atoms with Crippen molar-refractivity contribution < 1.29 is 24.2 Å². The molecule has 0 radical (unpaired) electrons. The van der Waals surface area contributed by atoms with Gasteiger partial charge in [0, 0.05) is 10.1 Å². The summed E-state index contributed by atoms with van der Waals surface area (Å²) < 4.78 is 11.6. The number of benzene rings is 2. The van der Waals surface area contributed by atoms with E-state index in [1.54, 1.807) is 18.2 Å². The minimum atomic E-state index is -1.01. The van der Waals surface area contributed by atoms with Gasteiger partial charge in [0.2, 0.25) is 18.6 Å². The van der Waals surface area contributed by atoms with E-state index in [9.17, 15) is 14.7 Å². The first-order valence-electron chi connectivity index (χ1n) is 8.36. The molecule has 0 saturated heterocycles. The zero-order valence-corrected chi connectivity index (χ0v) is 16.6. The highest BCUT2D eigenvalue weighted by atomic mass is 127. The molecule has 8 heteroatoms. The van der Waals surface area contributed by atoms with E-state index in [-0.39, 0.29) is 19.1 Å². The quantitative estimate of drug-likeness (QED) is 0.518. The number of carbonyl (C=O) groups excluding carboxylic acids is 2. The molecule has 3 rings (SSSR count). The monoisotopic (exact) mass is 482 g/mol. The van der Waals surface area contributed by atoms with Crippen LogP contribution in [0.2, 0.25) is 0 Å². The predicted octanol–water partition coefficient (Wildman–Crippen LogP) is 1.36. The molecular weight excluding hydrogens is 463 g/mol. The largest absolute Gasteiger partial charge is 0.454 e. The number of aliphatic hydroxyl groups excluding tert-OH is 1. The van der Waals surface area contributed by atoms with E-state index in [0.29, 0.717) is 18.0 Å². The van der Waals surface area contributed by atoms with Crippen LogP contribution in [0.3, 0.4) is 0 Å². The normalized spacial score (nSPS) is 13.1. The molecule has 2 aromatic carbocycles. The third-order valence-electron chi connectivity index (χ3n) is 3.99. The molecule has 0 fully saturated rings. The van der Waals surface area contributed by atoms with Gasteiger partial charge in [-0.2, -0.15) is 0 Å². The maximum absolute atomic E-state index is 12.2. The molecule has 0 bridgehead atoms. The molecule has 3 N–H and O–H groups in total. The fourth-order valence-corrected chi connectivity index (χ4v) is 3.24. The number of amides is 2. The van der Waals surface area contributed by atoms with Gasteiger partial charge in [0.1, 0.15) is 6.04 Å². The Morgan fingerprint density at radius 1 is 1.11 bits per heavy atom. The van der Waals surface area contributed by atoms with Crippen LogP contribution in [0.4, 0.5) is 0 Å². The summed E-state index contributed by atoms with van der Waals surface area (Å²) in [7, 11) is 0. The van der Waals surface area contributed by atoms with Crippen molar-refractivity contribution in [3.05, 3.63) is 57.2 Å². The summed E-state index contributed by atoms with van der Waals surface area (Å²) in [6.07, 6.45) is 0.0668. The number of hydrogen-bond acceptors (Lipinski definition) is 5. The van der Waals surface area contributed by atoms with E-state index in [4.69, 9.17) is 9.47 Å². The predicted molar refractivity (Wildman–Crippen MR) is 106 cm³/mol. The fourth-order valence-electron chi connectivity index (χ4n) is 2.64. The van der Waals surface area contributed by atoms with E-state index in [1.165, 1.54) is 0 Å². The molecule has 0 aromatic heterocycles. The van der Waals surface area contributed by atoms with Crippen LogP contribution in [-0.2, 0) is 22.6 Å². The Labute approximate surface area is 170 Å². The van der Waals surface area contributed by atoms with Gasteiger partial charge in [-0.15, -0.1) is 0 Å². The number of nitrogens with one attached hydrogen (secondary N) is 2. The first-order chi connectivity index (χ1) is 13.0. The summed E-state index contributed by atoms with van der Waals surface area (Å²) in [6.45, 7) is 0.00739. The lowest BCUT2D eigenvalue weighted by molar-refractivity contribution is -0.129. The summed E-state index contributed by atoms with van der Waals surface area (Å²) >= 11 is 2.19. The molecule has 7 nitrogen and oxygen atoms in total. The molecule has 1 aliphatic heterocycles. The highest BCUT2D eigenvalue weighted by Gasteiger charge is 2.20. The Hall–Kier alpha value is -2.33. The first kappa shape index (κ1) is 19.4. The second-order valence-electron chi connectivity index (χ2n) is 6.01. The maximum Gasteiger partial charge on any atom is 0.245 e. The van der Waals surface area contributed by atoms with Crippen LogP contribution in [-0.4, -0.2) is 36.4 Å². The van der Waals surface area contributed by atoms with Crippen molar-refractivity contribution in [2.45, 2.75) is 19.0 Å². The average molecular weight is 482 g/mol. The zero-order chi connectivity index (χ0) is 19.2. The Morgan fingerprint density at radius 3 is 2.70 bits per heavy atom. The number of hydrogen-bond donors (Lipinski definition) is 3. The topological polar surface area (TPSA) is 96.9 Å².